The summed E-state index contributed by atoms with van der Waals surface area (Å²) in [7, 11) is 1.56. The van der Waals surface area contributed by atoms with Gasteiger partial charge in [0.05, 0.1) is 11.6 Å². The van der Waals surface area contributed by atoms with Gasteiger partial charge >= 0.3 is 6.01 Å². The third-order valence-corrected chi connectivity index (χ3v) is 2.78. The number of carbonyl (C=O) groups is 1. The molecule has 0 aliphatic heterocycles. The molecule has 0 spiro atoms. The Bertz CT molecular complexity index is 583. The van der Waals surface area contributed by atoms with Gasteiger partial charge in [0.25, 0.3) is 5.91 Å². The number of anilines is 1. The Morgan fingerprint density at radius 2 is 2.22 bits per heavy atom. The molecule has 0 saturated heterocycles. The van der Waals surface area contributed by atoms with E-state index in [1.54, 1.807) is 32.2 Å². The van der Waals surface area contributed by atoms with Gasteiger partial charge in [0.2, 0.25) is 5.89 Å². The van der Waals surface area contributed by atoms with Gasteiger partial charge in [-0.15, -0.1) is 5.10 Å². The monoisotopic (exact) mass is 311 g/mol. The zero-order chi connectivity index (χ0) is 13.1. The fourth-order valence-corrected chi connectivity index (χ4v) is 1.86. The number of benzene rings is 1. The van der Waals surface area contributed by atoms with Crippen LogP contribution in [0, 0.1) is 6.92 Å². The molecular formula is C11H10BrN3O3. The molecule has 0 saturated carbocycles. The first-order valence-corrected chi connectivity index (χ1v) is 5.84. The number of ether oxygens (including phenoxy) is 1. The van der Waals surface area contributed by atoms with Gasteiger partial charge in [-0.05, 0) is 34.1 Å². The zero-order valence-corrected chi connectivity index (χ0v) is 11.3. The van der Waals surface area contributed by atoms with E-state index in [1.165, 1.54) is 0 Å². The Labute approximate surface area is 111 Å². The Morgan fingerprint density at radius 1 is 1.44 bits per heavy atom. The number of nitrogens with one attached hydrogen (secondary N) is 1. The predicted octanol–water partition coefficient (Wildman–Crippen LogP) is 2.40. The van der Waals surface area contributed by atoms with E-state index in [4.69, 9.17) is 9.15 Å². The van der Waals surface area contributed by atoms with Gasteiger partial charge < -0.3 is 9.15 Å². The van der Waals surface area contributed by atoms with E-state index < -0.39 is 0 Å². The van der Waals surface area contributed by atoms with Gasteiger partial charge in [-0.2, -0.15) is 0 Å². The summed E-state index contributed by atoms with van der Waals surface area (Å²) in [6.07, 6.45) is 0. The molecule has 94 valence electrons. The number of amides is 1. The number of halogens is 1. The van der Waals surface area contributed by atoms with E-state index in [9.17, 15) is 4.79 Å². The van der Waals surface area contributed by atoms with Gasteiger partial charge in [-0.3, -0.25) is 10.1 Å². The fourth-order valence-electron chi connectivity index (χ4n) is 1.32. The Kier molecular flexibility index (Phi) is 3.61. The number of rotatable bonds is 3. The van der Waals surface area contributed by atoms with Crippen LogP contribution in [0.3, 0.4) is 0 Å². The van der Waals surface area contributed by atoms with Crippen molar-refractivity contribution in [3.8, 4) is 5.75 Å². The molecule has 18 heavy (non-hydrogen) atoms. The summed E-state index contributed by atoms with van der Waals surface area (Å²) in [6, 6.07) is 5.06. The highest BCUT2D eigenvalue weighted by Gasteiger charge is 2.12. The number of hydrogen-bond acceptors (Lipinski definition) is 5. The number of aryl methyl sites for hydroxylation is 1. The minimum Gasteiger partial charge on any atom is -0.496 e. The van der Waals surface area contributed by atoms with Crippen molar-refractivity contribution in [2.75, 3.05) is 12.4 Å². The second-order valence-electron chi connectivity index (χ2n) is 3.43. The van der Waals surface area contributed by atoms with Crippen LogP contribution in [0.1, 0.15) is 16.2 Å². The summed E-state index contributed by atoms with van der Waals surface area (Å²) in [5, 5.41) is 9.80. The molecule has 1 aromatic carbocycles. The van der Waals surface area contributed by atoms with E-state index >= 15 is 0 Å². The molecule has 0 aliphatic rings. The summed E-state index contributed by atoms with van der Waals surface area (Å²) in [4.78, 5) is 11.9. The van der Waals surface area contributed by atoms with Crippen molar-refractivity contribution in [3.05, 3.63) is 34.1 Å². The molecule has 0 fully saturated rings. The predicted molar refractivity (Wildman–Crippen MR) is 67.7 cm³/mol. The maximum atomic E-state index is 11.9. The van der Waals surface area contributed by atoms with Gasteiger partial charge in [-0.1, -0.05) is 5.10 Å². The molecule has 1 N–H and O–H groups in total. The minimum atomic E-state index is -0.331. The molecule has 1 amide bonds. The zero-order valence-electron chi connectivity index (χ0n) is 9.73. The molecule has 0 bridgehead atoms. The lowest BCUT2D eigenvalue weighted by molar-refractivity contribution is 0.102. The Hall–Kier alpha value is -1.89. The first-order chi connectivity index (χ1) is 8.60. The van der Waals surface area contributed by atoms with E-state index in [-0.39, 0.29) is 11.9 Å². The van der Waals surface area contributed by atoms with Crippen LogP contribution < -0.4 is 10.1 Å². The number of methoxy groups -OCH3 is 1. The number of carbonyl (C=O) groups excluding carboxylic acids is 1. The van der Waals surface area contributed by atoms with Crippen molar-refractivity contribution < 1.29 is 13.9 Å². The van der Waals surface area contributed by atoms with Crippen LogP contribution in [0.2, 0.25) is 0 Å². The highest BCUT2D eigenvalue weighted by Crippen LogP contribution is 2.25. The summed E-state index contributed by atoms with van der Waals surface area (Å²) in [5.41, 5.74) is 0.457. The number of hydrogen-bond donors (Lipinski definition) is 1. The Balaban J connectivity index is 2.16. The lowest BCUT2D eigenvalue weighted by Gasteiger charge is -2.05. The number of aromatic nitrogens is 2. The summed E-state index contributed by atoms with van der Waals surface area (Å²) in [5.74, 6) is 0.711. The highest BCUT2D eigenvalue weighted by molar-refractivity contribution is 9.10. The molecular weight excluding hydrogens is 302 g/mol. The van der Waals surface area contributed by atoms with Crippen LogP contribution in [0.25, 0.3) is 0 Å². The first-order valence-electron chi connectivity index (χ1n) is 5.05. The third kappa shape index (κ3) is 2.67. The van der Waals surface area contributed by atoms with Crippen molar-refractivity contribution >= 4 is 27.9 Å². The summed E-state index contributed by atoms with van der Waals surface area (Å²) in [6.45, 7) is 1.65. The van der Waals surface area contributed by atoms with Crippen molar-refractivity contribution in [2.24, 2.45) is 0 Å². The van der Waals surface area contributed by atoms with Gasteiger partial charge in [0.15, 0.2) is 0 Å². The molecule has 6 nitrogen and oxygen atoms in total. The molecule has 0 radical (unpaired) electrons. The van der Waals surface area contributed by atoms with Crippen LogP contribution in [0.4, 0.5) is 6.01 Å². The second-order valence-corrected chi connectivity index (χ2v) is 4.28. The normalized spacial score (nSPS) is 10.2. The second kappa shape index (κ2) is 5.18. The molecule has 0 atom stereocenters. The summed E-state index contributed by atoms with van der Waals surface area (Å²) < 4.78 is 10.8. The van der Waals surface area contributed by atoms with Crippen molar-refractivity contribution in [1.29, 1.82) is 0 Å². The fraction of sp³-hybridized carbons (Fsp3) is 0.182. The maximum Gasteiger partial charge on any atom is 0.322 e. The van der Waals surface area contributed by atoms with Crippen molar-refractivity contribution in [3.63, 3.8) is 0 Å². The molecule has 0 unspecified atom stereocenters. The molecule has 1 aromatic heterocycles. The topological polar surface area (TPSA) is 77.2 Å². The molecule has 7 heteroatoms. The quantitative estimate of drug-likeness (QED) is 0.941. The maximum absolute atomic E-state index is 11.9. The molecule has 2 aromatic rings. The van der Waals surface area contributed by atoms with E-state index in [1.807, 2.05) is 0 Å². The van der Waals surface area contributed by atoms with Crippen LogP contribution in [-0.2, 0) is 0 Å². The standard InChI is InChI=1S/C11H10BrN3O3/c1-6-14-15-11(18-6)13-10(16)7-3-4-9(17-2)8(12)5-7/h3-5H,1-2H3,(H,13,15,16). The molecule has 0 aliphatic carbocycles. The largest absolute Gasteiger partial charge is 0.496 e. The molecule has 2 rings (SSSR count). The lowest BCUT2D eigenvalue weighted by Crippen LogP contribution is -2.12. The van der Waals surface area contributed by atoms with Crippen molar-refractivity contribution in [2.45, 2.75) is 6.92 Å². The van der Waals surface area contributed by atoms with E-state index in [0.29, 0.717) is 21.7 Å². The van der Waals surface area contributed by atoms with Crippen LogP contribution in [0.5, 0.6) is 5.75 Å². The Morgan fingerprint density at radius 3 is 2.78 bits per heavy atom. The van der Waals surface area contributed by atoms with Crippen molar-refractivity contribution in [1.82, 2.24) is 10.2 Å². The van der Waals surface area contributed by atoms with Crippen LogP contribution in [0.15, 0.2) is 27.1 Å². The highest BCUT2D eigenvalue weighted by atomic mass is 79.9. The van der Waals surface area contributed by atoms with Gasteiger partial charge in [0, 0.05) is 12.5 Å². The average molecular weight is 312 g/mol. The van der Waals surface area contributed by atoms with Gasteiger partial charge in [0.1, 0.15) is 5.75 Å². The number of nitrogens with zero attached hydrogens (tertiary/aromatic N) is 2. The SMILES string of the molecule is COc1ccc(C(=O)Nc2nnc(C)o2)cc1Br. The first kappa shape index (κ1) is 12.6. The summed E-state index contributed by atoms with van der Waals surface area (Å²) >= 11 is 3.31. The average Bonchev–Trinajstić information content (AvgIpc) is 2.74. The lowest BCUT2D eigenvalue weighted by atomic mass is 10.2. The van der Waals surface area contributed by atoms with Crippen LogP contribution >= 0.6 is 15.9 Å². The van der Waals surface area contributed by atoms with E-state index in [2.05, 4.69) is 31.4 Å². The minimum absolute atomic E-state index is 0.0736. The molecule has 1 heterocycles. The van der Waals surface area contributed by atoms with E-state index in [0.717, 1.165) is 0 Å². The smallest absolute Gasteiger partial charge is 0.322 e. The van der Waals surface area contributed by atoms with Gasteiger partial charge in [-0.25, -0.2) is 0 Å². The van der Waals surface area contributed by atoms with Crippen LogP contribution in [-0.4, -0.2) is 23.2 Å². The third-order valence-electron chi connectivity index (χ3n) is 2.16.